The van der Waals surface area contributed by atoms with E-state index in [0.29, 0.717) is 6.54 Å². The quantitative estimate of drug-likeness (QED) is 0.577. The van der Waals surface area contributed by atoms with Crippen LogP contribution < -0.4 is 0 Å². The Morgan fingerprint density at radius 2 is 1.76 bits per heavy atom. The van der Waals surface area contributed by atoms with Gasteiger partial charge in [-0.05, 0) is 35.6 Å². The molecule has 2 nitrogen and oxygen atoms in total. The molecule has 2 aromatic carbocycles. The number of benzene rings is 2. The summed E-state index contributed by atoms with van der Waals surface area (Å²) in [6, 6.07) is 18.9. The normalized spacial score (nSPS) is 19.3. The summed E-state index contributed by atoms with van der Waals surface area (Å²) in [5.74, 6) is 0.269. The Labute approximate surface area is 154 Å². The molecule has 0 unspecified atom stereocenters. The van der Waals surface area contributed by atoms with Gasteiger partial charge >= 0.3 is 0 Å². The maximum absolute atomic E-state index is 12.9. The lowest BCUT2D eigenvalue weighted by molar-refractivity contribution is -0.126. The average molecular weight is 352 g/mol. The van der Waals surface area contributed by atoms with Gasteiger partial charge < -0.3 is 0 Å². The first kappa shape index (κ1) is 18.0. The van der Waals surface area contributed by atoms with Crippen LogP contribution in [0.15, 0.2) is 65.1 Å². The zero-order valence-electron chi connectivity index (χ0n) is 15.2. The number of ketones is 1. The molecule has 3 rings (SSSR count). The summed E-state index contributed by atoms with van der Waals surface area (Å²) in [6.45, 7) is 6.49. The zero-order chi connectivity index (χ0) is 17.9. The van der Waals surface area contributed by atoms with Gasteiger partial charge in [-0.2, -0.15) is 0 Å². The Kier molecular flexibility index (Phi) is 5.45. The number of likely N-dealkylation sites (tertiary alicyclic amines) is 1. The molecule has 0 N–H and O–H groups in total. The van der Waals surface area contributed by atoms with Crippen molar-refractivity contribution in [2.24, 2.45) is 5.41 Å². The van der Waals surface area contributed by atoms with Crippen LogP contribution in [-0.4, -0.2) is 30.0 Å². The largest absolute Gasteiger partial charge is 0.294 e. The van der Waals surface area contributed by atoms with Gasteiger partial charge in [0.1, 0.15) is 0 Å². The highest BCUT2D eigenvalue weighted by molar-refractivity contribution is 7.98. The minimum Gasteiger partial charge on any atom is -0.294 e. The monoisotopic (exact) mass is 351 g/mol. The Bertz CT molecular complexity index is 762. The summed E-state index contributed by atoms with van der Waals surface area (Å²) >= 11 is 1.73. The Hall–Kier alpha value is -1.84. The SMILES string of the molecule is CSc1ccc(C=C2CN(Cc3ccccc3)CC(C)(C)C2=O)cc1. The van der Waals surface area contributed by atoms with Crippen LogP contribution in [0.25, 0.3) is 6.08 Å². The highest BCUT2D eigenvalue weighted by Crippen LogP contribution is 2.30. The van der Waals surface area contributed by atoms with Crippen molar-refractivity contribution in [3.63, 3.8) is 0 Å². The number of rotatable bonds is 4. The van der Waals surface area contributed by atoms with Gasteiger partial charge in [0.2, 0.25) is 0 Å². The van der Waals surface area contributed by atoms with E-state index >= 15 is 0 Å². The highest BCUT2D eigenvalue weighted by Gasteiger charge is 2.37. The molecule has 1 aliphatic heterocycles. The number of carbonyl (C=O) groups is 1. The van der Waals surface area contributed by atoms with Crippen LogP contribution in [-0.2, 0) is 11.3 Å². The molecule has 0 atom stereocenters. The van der Waals surface area contributed by atoms with Crippen LogP contribution in [0.4, 0.5) is 0 Å². The fourth-order valence-electron chi connectivity index (χ4n) is 3.40. The molecule has 1 aliphatic rings. The maximum Gasteiger partial charge on any atom is 0.167 e. The molecule has 0 aliphatic carbocycles. The summed E-state index contributed by atoms with van der Waals surface area (Å²) in [6.07, 6.45) is 4.13. The molecule has 0 spiro atoms. The number of nitrogens with zero attached hydrogens (tertiary/aromatic N) is 1. The maximum atomic E-state index is 12.9. The van der Waals surface area contributed by atoms with Crippen LogP contribution >= 0.6 is 11.8 Å². The molecule has 0 bridgehead atoms. The molecule has 0 amide bonds. The van der Waals surface area contributed by atoms with Crippen molar-refractivity contribution in [1.29, 1.82) is 0 Å². The van der Waals surface area contributed by atoms with Gasteiger partial charge in [0, 0.05) is 35.5 Å². The van der Waals surface area contributed by atoms with Gasteiger partial charge in [-0.1, -0.05) is 56.3 Å². The molecule has 1 heterocycles. The summed E-state index contributed by atoms with van der Waals surface area (Å²) in [5, 5.41) is 0. The van der Waals surface area contributed by atoms with E-state index in [9.17, 15) is 4.79 Å². The number of piperidine rings is 1. The smallest absolute Gasteiger partial charge is 0.167 e. The van der Waals surface area contributed by atoms with E-state index < -0.39 is 0 Å². The number of hydrogen-bond acceptors (Lipinski definition) is 3. The van der Waals surface area contributed by atoms with Gasteiger partial charge in [-0.3, -0.25) is 9.69 Å². The van der Waals surface area contributed by atoms with E-state index in [2.05, 4.69) is 79.6 Å². The second-order valence-electron chi connectivity index (χ2n) is 7.29. The van der Waals surface area contributed by atoms with E-state index in [-0.39, 0.29) is 11.2 Å². The number of hydrogen-bond donors (Lipinski definition) is 0. The van der Waals surface area contributed by atoms with Crippen molar-refractivity contribution in [1.82, 2.24) is 4.90 Å². The number of carbonyl (C=O) groups excluding carboxylic acids is 1. The Balaban J connectivity index is 1.83. The first-order valence-electron chi connectivity index (χ1n) is 8.64. The average Bonchev–Trinajstić information content (AvgIpc) is 2.60. The molecule has 1 fully saturated rings. The van der Waals surface area contributed by atoms with E-state index in [4.69, 9.17) is 0 Å². The lowest BCUT2D eigenvalue weighted by atomic mass is 9.79. The molecule has 0 saturated carbocycles. The number of thioether (sulfide) groups is 1. The topological polar surface area (TPSA) is 20.3 Å². The fourth-order valence-corrected chi connectivity index (χ4v) is 3.81. The highest BCUT2D eigenvalue weighted by atomic mass is 32.2. The molecular weight excluding hydrogens is 326 g/mol. The van der Waals surface area contributed by atoms with Crippen molar-refractivity contribution < 1.29 is 4.79 Å². The van der Waals surface area contributed by atoms with Crippen molar-refractivity contribution in [3.8, 4) is 0 Å². The van der Waals surface area contributed by atoms with E-state index in [1.165, 1.54) is 10.5 Å². The van der Waals surface area contributed by atoms with Crippen molar-refractivity contribution in [2.45, 2.75) is 25.3 Å². The predicted octanol–water partition coefficient (Wildman–Crippen LogP) is 4.90. The van der Waals surface area contributed by atoms with Crippen LogP contribution in [0.3, 0.4) is 0 Å². The molecule has 130 valence electrons. The van der Waals surface area contributed by atoms with Crippen LogP contribution in [0.1, 0.15) is 25.0 Å². The standard InChI is InChI=1S/C22H25NOS/c1-22(2)16-23(14-18-7-5-4-6-8-18)15-19(21(22)24)13-17-9-11-20(25-3)12-10-17/h4-13H,14-16H2,1-3H3. The van der Waals surface area contributed by atoms with Gasteiger partial charge in [0.25, 0.3) is 0 Å². The number of Topliss-reactive ketones (excluding diaryl/α,β-unsaturated/α-hetero) is 1. The molecular formula is C22H25NOS. The third-order valence-corrected chi connectivity index (χ3v) is 5.37. The van der Waals surface area contributed by atoms with E-state index in [1.807, 2.05) is 6.07 Å². The lowest BCUT2D eigenvalue weighted by Crippen LogP contribution is -2.47. The first-order chi connectivity index (χ1) is 12.0. The molecule has 2 aromatic rings. The van der Waals surface area contributed by atoms with Gasteiger partial charge in [-0.15, -0.1) is 11.8 Å². The van der Waals surface area contributed by atoms with Crippen molar-refractivity contribution in [3.05, 3.63) is 71.3 Å². The van der Waals surface area contributed by atoms with Crippen LogP contribution in [0, 0.1) is 5.41 Å². The molecule has 25 heavy (non-hydrogen) atoms. The minimum absolute atomic E-state index is 0.269. The summed E-state index contributed by atoms with van der Waals surface area (Å²) < 4.78 is 0. The summed E-state index contributed by atoms with van der Waals surface area (Å²) in [4.78, 5) is 16.5. The Morgan fingerprint density at radius 1 is 1.08 bits per heavy atom. The summed E-state index contributed by atoms with van der Waals surface area (Å²) in [5.41, 5.74) is 2.94. The lowest BCUT2D eigenvalue weighted by Gasteiger charge is -2.38. The zero-order valence-corrected chi connectivity index (χ0v) is 16.0. The van der Waals surface area contributed by atoms with E-state index in [0.717, 1.165) is 24.2 Å². The molecule has 1 saturated heterocycles. The third-order valence-electron chi connectivity index (χ3n) is 4.62. The van der Waals surface area contributed by atoms with Gasteiger partial charge in [-0.25, -0.2) is 0 Å². The minimum atomic E-state index is -0.349. The second kappa shape index (κ2) is 7.59. The molecule has 0 aromatic heterocycles. The predicted molar refractivity (Wildman–Crippen MR) is 107 cm³/mol. The van der Waals surface area contributed by atoms with Gasteiger partial charge in [0.15, 0.2) is 5.78 Å². The van der Waals surface area contributed by atoms with Gasteiger partial charge in [0.05, 0.1) is 0 Å². The second-order valence-corrected chi connectivity index (χ2v) is 8.17. The first-order valence-corrected chi connectivity index (χ1v) is 9.86. The van der Waals surface area contributed by atoms with Crippen LogP contribution in [0.5, 0.6) is 0 Å². The van der Waals surface area contributed by atoms with E-state index in [1.54, 1.807) is 11.8 Å². The fraction of sp³-hybridized carbons (Fsp3) is 0.318. The molecule has 3 heteroatoms. The Morgan fingerprint density at radius 3 is 2.40 bits per heavy atom. The van der Waals surface area contributed by atoms with Crippen molar-refractivity contribution in [2.75, 3.05) is 19.3 Å². The van der Waals surface area contributed by atoms with Crippen LogP contribution in [0.2, 0.25) is 0 Å². The van der Waals surface area contributed by atoms with Crippen molar-refractivity contribution >= 4 is 23.6 Å². The third kappa shape index (κ3) is 4.42. The summed E-state index contributed by atoms with van der Waals surface area (Å²) in [7, 11) is 0. The molecule has 0 radical (unpaired) electrons.